The van der Waals surface area contributed by atoms with Gasteiger partial charge in [0.25, 0.3) is 5.91 Å². The zero-order chi connectivity index (χ0) is 12.1. The molecule has 1 rings (SSSR count). The Bertz CT molecular complexity index is 371. The van der Waals surface area contributed by atoms with Crippen molar-refractivity contribution in [3.8, 4) is 0 Å². The van der Waals surface area contributed by atoms with Crippen LogP contribution in [0.2, 0.25) is 10.0 Å². The van der Waals surface area contributed by atoms with Gasteiger partial charge in [-0.1, -0.05) is 36.5 Å². The first-order chi connectivity index (χ1) is 7.56. The second-order valence-electron chi connectivity index (χ2n) is 3.46. The van der Waals surface area contributed by atoms with Gasteiger partial charge >= 0.3 is 0 Å². The minimum absolute atomic E-state index is 0.183. The Hall–Kier alpha value is -0.930. The molecule has 1 aromatic rings. The molecule has 0 aliphatic heterocycles. The van der Waals surface area contributed by atoms with E-state index in [9.17, 15) is 4.79 Å². The number of unbranched alkanes of at least 4 members (excludes halogenated alkanes) is 1. The molecule has 0 unspecified atom stereocenters. The summed E-state index contributed by atoms with van der Waals surface area (Å²) in [6, 6.07) is 3.04. The molecule has 0 atom stereocenters. The van der Waals surface area contributed by atoms with Crippen LogP contribution in [0.1, 0.15) is 30.1 Å². The number of carbonyl (C=O) groups is 1. The lowest BCUT2D eigenvalue weighted by Gasteiger charge is -2.07. The average molecular weight is 261 g/mol. The van der Waals surface area contributed by atoms with Crippen LogP contribution >= 0.6 is 23.2 Å². The number of benzene rings is 1. The number of halogens is 2. The molecule has 16 heavy (non-hydrogen) atoms. The second-order valence-corrected chi connectivity index (χ2v) is 4.28. The van der Waals surface area contributed by atoms with E-state index in [1.54, 1.807) is 0 Å². The van der Waals surface area contributed by atoms with Crippen molar-refractivity contribution in [3.63, 3.8) is 0 Å². The first-order valence-corrected chi connectivity index (χ1v) is 5.84. The quantitative estimate of drug-likeness (QED) is 0.646. The summed E-state index contributed by atoms with van der Waals surface area (Å²) < 4.78 is 0. The van der Waals surface area contributed by atoms with Crippen molar-refractivity contribution in [2.75, 3.05) is 12.3 Å². The lowest BCUT2D eigenvalue weighted by atomic mass is 10.2. The Balaban J connectivity index is 2.76. The number of nitrogen functional groups attached to an aromatic ring is 1. The number of nitrogens with one attached hydrogen (secondary N) is 1. The number of carbonyl (C=O) groups excluding carboxylic acids is 1. The van der Waals surface area contributed by atoms with Crippen molar-refractivity contribution in [2.24, 2.45) is 0 Å². The fourth-order valence-corrected chi connectivity index (χ4v) is 1.68. The summed E-state index contributed by atoms with van der Waals surface area (Å²) in [5.41, 5.74) is 6.31. The summed E-state index contributed by atoms with van der Waals surface area (Å²) in [4.78, 5) is 11.7. The van der Waals surface area contributed by atoms with Gasteiger partial charge in [0.2, 0.25) is 0 Å². The third kappa shape index (κ3) is 3.29. The first kappa shape index (κ1) is 13.1. The highest BCUT2D eigenvalue weighted by molar-refractivity contribution is 6.39. The van der Waals surface area contributed by atoms with Crippen molar-refractivity contribution >= 4 is 34.8 Å². The van der Waals surface area contributed by atoms with Crippen LogP contribution < -0.4 is 11.1 Å². The molecular formula is C11H14Cl2N2O. The van der Waals surface area contributed by atoms with Crippen molar-refractivity contribution in [1.82, 2.24) is 5.32 Å². The number of anilines is 1. The Kier molecular flexibility index (Phi) is 4.90. The Morgan fingerprint density at radius 2 is 1.94 bits per heavy atom. The van der Waals surface area contributed by atoms with E-state index < -0.39 is 0 Å². The van der Waals surface area contributed by atoms with Gasteiger partial charge in [-0.2, -0.15) is 0 Å². The molecule has 0 spiro atoms. The summed E-state index contributed by atoms with van der Waals surface area (Å²) in [5, 5.41) is 3.38. The maximum atomic E-state index is 11.7. The van der Waals surface area contributed by atoms with Crippen molar-refractivity contribution < 1.29 is 4.79 Å². The summed E-state index contributed by atoms with van der Waals surface area (Å²) in [5.74, 6) is -0.183. The lowest BCUT2D eigenvalue weighted by molar-refractivity contribution is 0.0953. The average Bonchev–Trinajstić information content (AvgIpc) is 2.25. The maximum absolute atomic E-state index is 11.7. The molecule has 1 amide bonds. The summed E-state index contributed by atoms with van der Waals surface area (Å²) >= 11 is 11.7. The van der Waals surface area contributed by atoms with Gasteiger partial charge in [-0.3, -0.25) is 4.79 Å². The molecule has 0 aromatic heterocycles. The topological polar surface area (TPSA) is 55.1 Å². The maximum Gasteiger partial charge on any atom is 0.251 e. The highest BCUT2D eigenvalue weighted by Crippen LogP contribution is 2.28. The molecule has 0 heterocycles. The van der Waals surface area contributed by atoms with Crippen LogP contribution in [-0.4, -0.2) is 12.5 Å². The van der Waals surface area contributed by atoms with E-state index in [2.05, 4.69) is 12.2 Å². The molecule has 0 fully saturated rings. The molecule has 0 bridgehead atoms. The number of nitrogens with two attached hydrogens (primary N) is 1. The highest BCUT2D eigenvalue weighted by atomic mass is 35.5. The Morgan fingerprint density at radius 3 is 2.44 bits per heavy atom. The van der Waals surface area contributed by atoms with Gasteiger partial charge in [-0.05, 0) is 18.6 Å². The first-order valence-electron chi connectivity index (χ1n) is 5.09. The van der Waals surface area contributed by atoms with Crippen LogP contribution in [0.5, 0.6) is 0 Å². The molecule has 3 nitrogen and oxygen atoms in total. The van der Waals surface area contributed by atoms with E-state index in [0.717, 1.165) is 12.8 Å². The smallest absolute Gasteiger partial charge is 0.251 e. The number of amides is 1. The monoisotopic (exact) mass is 260 g/mol. The number of rotatable bonds is 4. The van der Waals surface area contributed by atoms with Gasteiger partial charge in [0.15, 0.2) is 0 Å². The van der Waals surface area contributed by atoms with E-state index in [1.165, 1.54) is 12.1 Å². The zero-order valence-electron chi connectivity index (χ0n) is 9.02. The van der Waals surface area contributed by atoms with Crippen LogP contribution in [0.4, 0.5) is 5.69 Å². The molecule has 3 N–H and O–H groups in total. The largest absolute Gasteiger partial charge is 0.396 e. The minimum Gasteiger partial charge on any atom is -0.396 e. The van der Waals surface area contributed by atoms with E-state index in [1.807, 2.05) is 0 Å². The van der Waals surface area contributed by atoms with Crippen LogP contribution in [0.15, 0.2) is 12.1 Å². The van der Waals surface area contributed by atoms with E-state index in [0.29, 0.717) is 27.8 Å². The second kappa shape index (κ2) is 5.97. The fourth-order valence-electron chi connectivity index (χ4n) is 1.20. The van der Waals surface area contributed by atoms with Crippen LogP contribution in [0.3, 0.4) is 0 Å². The molecule has 0 aliphatic rings. The number of hydrogen-bond donors (Lipinski definition) is 2. The van der Waals surface area contributed by atoms with Crippen LogP contribution in [0.25, 0.3) is 0 Å². The molecule has 88 valence electrons. The Morgan fingerprint density at radius 1 is 1.38 bits per heavy atom. The molecule has 1 aromatic carbocycles. The van der Waals surface area contributed by atoms with Gasteiger partial charge < -0.3 is 11.1 Å². The van der Waals surface area contributed by atoms with Crippen molar-refractivity contribution in [3.05, 3.63) is 27.7 Å². The predicted molar refractivity (Wildman–Crippen MR) is 68.1 cm³/mol. The zero-order valence-corrected chi connectivity index (χ0v) is 10.5. The molecule has 0 radical (unpaired) electrons. The van der Waals surface area contributed by atoms with Gasteiger partial charge in [-0.15, -0.1) is 0 Å². The fraction of sp³-hybridized carbons (Fsp3) is 0.364. The number of hydrogen-bond acceptors (Lipinski definition) is 2. The molecule has 0 saturated carbocycles. The van der Waals surface area contributed by atoms with E-state index in [-0.39, 0.29) is 5.91 Å². The molecule has 0 saturated heterocycles. The van der Waals surface area contributed by atoms with Gasteiger partial charge in [0.05, 0.1) is 15.7 Å². The van der Waals surface area contributed by atoms with Gasteiger partial charge in [0.1, 0.15) is 0 Å². The molecular weight excluding hydrogens is 247 g/mol. The normalized spacial score (nSPS) is 10.2. The predicted octanol–water partition coefficient (Wildman–Crippen LogP) is 3.11. The standard InChI is InChI=1S/C11H14Cl2N2O/c1-2-3-4-15-11(16)7-5-8(12)10(14)9(13)6-7/h5-6H,2-4,14H2,1H3,(H,15,16). The van der Waals surface area contributed by atoms with Crippen molar-refractivity contribution in [2.45, 2.75) is 19.8 Å². The lowest BCUT2D eigenvalue weighted by Crippen LogP contribution is -2.24. The summed E-state index contributed by atoms with van der Waals surface area (Å²) in [6.45, 7) is 2.71. The van der Waals surface area contributed by atoms with E-state index >= 15 is 0 Å². The summed E-state index contributed by atoms with van der Waals surface area (Å²) in [6.07, 6.45) is 1.98. The van der Waals surface area contributed by atoms with E-state index in [4.69, 9.17) is 28.9 Å². The highest BCUT2D eigenvalue weighted by Gasteiger charge is 2.10. The van der Waals surface area contributed by atoms with Crippen LogP contribution in [-0.2, 0) is 0 Å². The van der Waals surface area contributed by atoms with Gasteiger partial charge in [0, 0.05) is 12.1 Å². The van der Waals surface area contributed by atoms with Crippen molar-refractivity contribution in [1.29, 1.82) is 0 Å². The van der Waals surface area contributed by atoms with Gasteiger partial charge in [-0.25, -0.2) is 0 Å². The van der Waals surface area contributed by atoms with Crippen LogP contribution in [0, 0.1) is 0 Å². The minimum atomic E-state index is -0.183. The SMILES string of the molecule is CCCCNC(=O)c1cc(Cl)c(N)c(Cl)c1. The third-order valence-electron chi connectivity index (χ3n) is 2.16. The molecule has 5 heteroatoms. The third-order valence-corrected chi connectivity index (χ3v) is 2.78. The molecule has 0 aliphatic carbocycles. The summed E-state index contributed by atoms with van der Waals surface area (Å²) in [7, 11) is 0. The Labute approximate surface area is 105 Å².